The van der Waals surface area contributed by atoms with Crippen LogP contribution in [0.5, 0.6) is 11.5 Å². The Hall–Kier alpha value is -3.20. The number of rotatable bonds is 8. The average Bonchev–Trinajstić information content (AvgIpc) is 2.73. The van der Waals surface area contributed by atoms with Gasteiger partial charge in [-0.15, -0.1) is 0 Å². The molecular formula is C20H22FN3O5. The van der Waals surface area contributed by atoms with Crippen molar-refractivity contribution in [3.05, 3.63) is 64.5 Å². The SMILES string of the molecule is O=C(COc1cc(F)ccc1[N+](=O)[O-])N1CCN(CCOc2ccccc2)CC1. The predicted octanol–water partition coefficient (Wildman–Crippen LogP) is 2.34. The minimum Gasteiger partial charge on any atom is -0.492 e. The third kappa shape index (κ3) is 5.89. The molecule has 0 saturated carbocycles. The number of nitro groups is 1. The van der Waals surface area contributed by atoms with Gasteiger partial charge in [-0.1, -0.05) is 18.2 Å². The van der Waals surface area contributed by atoms with Gasteiger partial charge in [0.25, 0.3) is 5.91 Å². The molecule has 2 aromatic carbocycles. The van der Waals surface area contributed by atoms with Crippen LogP contribution >= 0.6 is 0 Å². The zero-order chi connectivity index (χ0) is 20.6. The number of halogens is 1. The maximum absolute atomic E-state index is 13.3. The van der Waals surface area contributed by atoms with E-state index in [2.05, 4.69) is 4.90 Å². The summed E-state index contributed by atoms with van der Waals surface area (Å²) in [6.45, 7) is 3.39. The highest BCUT2D eigenvalue weighted by Crippen LogP contribution is 2.27. The van der Waals surface area contributed by atoms with Crippen molar-refractivity contribution in [1.82, 2.24) is 9.80 Å². The molecule has 0 atom stereocenters. The van der Waals surface area contributed by atoms with Gasteiger partial charge in [-0.25, -0.2) is 4.39 Å². The lowest BCUT2D eigenvalue weighted by Crippen LogP contribution is -2.50. The number of hydrogen-bond acceptors (Lipinski definition) is 6. The third-order valence-corrected chi connectivity index (χ3v) is 4.61. The lowest BCUT2D eigenvalue weighted by molar-refractivity contribution is -0.385. The van der Waals surface area contributed by atoms with Gasteiger partial charge in [0.15, 0.2) is 6.61 Å². The number of nitro benzene ring substituents is 1. The Morgan fingerprint density at radius 2 is 1.79 bits per heavy atom. The summed E-state index contributed by atoms with van der Waals surface area (Å²) < 4.78 is 24.2. The van der Waals surface area contributed by atoms with Crippen molar-refractivity contribution in [2.75, 3.05) is 45.9 Å². The van der Waals surface area contributed by atoms with E-state index in [1.165, 1.54) is 0 Å². The van der Waals surface area contributed by atoms with Gasteiger partial charge in [-0.05, 0) is 18.2 Å². The van der Waals surface area contributed by atoms with E-state index in [1.807, 2.05) is 30.3 Å². The fraction of sp³-hybridized carbons (Fsp3) is 0.350. The minimum atomic E-state index is -0.671. The highest BCUT2D eigenvalue weighted by molar-refractivity contribution is 5.78. The normalized spacial score (nSPS) is 14.4. The van der Waals surface area contributed by atoms with Crippen molar-refractivity contribution in [2.45, 2.75) is 0 Å². The zero-order valence-electron chi connectivity index (χ0n) is 15.8. The lowest BCUT2D eigenvalue weighted by atomic mass is 10.3. The molecule has 1 aliphatic rings. The first kappa shape index (κ1) is 20.5. The van der Waals surface area contributed by atoms with Gasteiger partial charge in [0, 0.05) is 44.9 Å². The molecule has 9 heteroatoms. The number of para-hydroxylation sites is 1. The quantitative estimate of drug-likeness (QED) is 0.497. The molecule has 1 aliphatic heterocycles. The summed E-state index contributed by atoms with van der Waals surface area (Å²) >= 11 is 0. The van der Waals surface area contributed by atoms with Crippen LogP contribution in [0.1, 0.15) is 0 Å². The number of amides is 1. The number of carbonyl (C=O) groups is 1. The predicted molar refractivity (Wildman–Crippen MR) is 104 cm³/mol. The summed E-state index contributed by atoms with van der Waals surface area (Å²) in [4.78, 5) is 26.5. The molecule has 2 aromatic rings. The number of ether oxygens (including phenoxy) is 2. The molecule has 29 heavy (non-hydrogen) atoms. The van der Waals surface area contributed by atoms with Crippen LogP contribution in [0.2, 0.25) is 0 Å². The molecule has 0 unspecified atom stereocenters. The molecule has 1 amide bonds. The van der Waals surface area contributed by atoms with Gasteiger partial charge in [0.2, 0.25) is 5.75 Å². The summed E-state index contributed by atoms with van der Waals surface area (Å²) in [5.74, 6) is -0.377. The smallest absolute Gasteiger partial charge is 0.311 e. The van der Waals surface area contributed by atoms with Gasteiger partial charge < -0.3 is 14.4 Å². The molecule has 1 heterocycles. The second-order valence-corrected chi connectivity index (χ2v) is 6.54. The molecule has 0 aliphatic carbocycles. The Morgan fingerprint density at radius 1 is 1.07 bits per heavy atom. The Bertz CT molecular complexity index is 841. The van der Waals surface area contributed by atoms with E-state index >= 15 is 0 Å². The van der Waals surface area contributed by atoms with Crippen molar-refractivity contribution in [1.29, 1.82) is 0 Å². The number of hydrogen-bond donors (Lipinski definition) is 0. The van der Waals surface area contributed by atoms with Gasteiger partial charge in [-0.2, -0.15) is 0 Å². The molecule has 154 valence electrons. The molecule has 1 fully saturated rings. The summed E-state index contributed by atoms with van der Waals surface area (Å²) in [7, 11) is 0. The van der Waals surface area contributed by atoms with Crippen molar-refractivity contribution < 1.29 is 23.6 Å². The first-order valence-corrected chi connectivity index (χ1v) is 9.27. The molecule has 1 saturated heterocycles. The first-order valence-electron chi connectivity index (χ1n) is 9.27. The van der Waals surface area contributed by atoms with Crippen LogP contribution < -0.4 is 9.47 Å². The Morgan fingerprint density at radius 3 is 2.48 bits per heavy atom. The second-order valence-electron chi connectivity index (χ2n) is 6.54. The minimum absolute atomic E-state index is 0.250. The maximum Gasteiger partial charge on any atom is 0.311 e. The van der Waals surface area contributed by atoms with Crippen molar-refractivity contribution in [3.8, 4) is 11.5 Å². The molecule has 0 aromatic heterocycles. The Labute approximate surface area is 167 Å². The van der Waals surface area contributed by atoms with Crippen LogP contribution in [0.25, 0.3) is 0 Å². The van der Waals surface area contributed by atoms with Crippen LogP contribution in [0.15, 0.2) is 48.5 Å². The summed E-state index contributed by atoms with van der Waals surface area (Å²) in [6.07, 6.45) is 0. The van der Waals surface area contributed by atoms with E-state index in [0.717, 1.165) is 30.5 Å². The van der Waals surface area contributed by atoms with E-state index in [1.54, 1.807) is 4.90 Å². The molecular weight excluding hydrogens is 381 g/mol. The molecule has 8 nitrogen and oxygen atoms in total. The van der Waals surface area contributed by atoms with E-state index in [0.29, 0.717) is 32.8 Å². The zero-order valence-corrected chi connectivity index (χ0v) is 15.8. The number of carbonyl (C=O) groups excluding carboxylic acids is 1. The van der Waals surface area contributed by atoms with Crippen molar-refractivity contribution in [3.63, 3.8) is 0 Å². The van der Waals surface area contributed by atoms with Gasteiger partial charge in [0.1, 0.15) is 18.2 Å². The highest BCUT2D eigenvalue weighted by atomic mass is 19.1. The van der Waals surface area contributed by atoms with Crippen LogP contribution in [0, 0.1) is 15.9 Å². The van der Waals surface area contributed by atoms with Crippen LogP contribution in [-0.4, -0.2) is 66.6 Å². The molecule has 0 bridgehead atoms. The van der Waals surface area contributed by atoms with E-state index in [-0.39, 0.29) is 24.0 Å². The average molecular weight is 403 g/mol. The monoisotopic (exact) mass is 403 g/mol. The Kier molecular flexibility index (Phi) is 6.96. The first-order chi connectivity index (χ1) is 14.0. The highest BCUT2D eigenvalue weighted by Gasteiger charge is 2.23. The topological polar surface area (TPSA) is 85.1 Å². The summed E-state index contributed by atoms with van der Waals surface area (Å²) in [5.41, 5.74) is -0.373. The fourth-order valence-electron chi connectivity index (χ4n) is 3.02. The maximum atomic E-state index is 13.3. The van der Waals surface area contributed by atoms with Gasteiger partial charge >= 0.3 is 5.69 Å². The van der Waals surface area contributed by atoms with Gasteiger partial charge in [-0.3, -0.25) is 19.8 Å². The number of benzene rings is 2. The number of nitrogens with zero attached hydrogens (tertiary/aromatic N) is 3. The molecule has 0 radical (unpaired) electrons. The standard InChI is InChI=1S/C20H22FN3O5/c21-16-6-7-18(24(26)27)19(14-16)29-15-20(25)23-10-8-22(9-11-23)12-13-28-17-4-2-1-3-5-17/h1-7,14H,8-13,15H2. The van der Waals surface area contributed by atoms with Crippen molar-refractivity contribution >= 4 is 11.6 Å². The van der Waals surface area contributed by atoms with E-state index in [9.17, 15) is 19.3 Å². The second kappa shape index (κ2) is 9.83. The van der Waals surface area contributed by atoms with Crippen LogP contribution in [-0.2, 0) is 4.79 Å². The van der Waals surface area contributed by atoms with Crippen molar-refractivity contribution in [2.24, 2.45) is 0 Å². The largest absolute Gasteiger partial charge is 0.492 e. The number of piperazine rings is 1. The fourth-order valence-corrected chi connectivity index (χ4v) is 3.02. The van der Waals surface area contributed by atoms with Gasteiger partial charge in [0.05, 0.1) is 4.92 Å². The van der Waals surface area contributed by atoms with E-state index < -0.39 is 10.7 Å². The summed E-state index contributed by atoms with van der Waals surface area (Å²) in [6, 6.07) is 12.5. The summed E-state index contributed by atoms with van der Waals surface area (Å²) in [5, 5.41) is 11.0. The Balaban J connectivity index is 1.41. The molecule has 3 rings (SSSR count). The molecule has 0 N–H and O–H groups in total. The van der Waals surface area contributed by atoms with E-state index in [4.69, 9.17) is 9.47 Å². The third-order valence-electron chi connectivity index (χ3n) is 4.61. The van der Waals surface area contributed by atoms with Crippen LogP contribution in [0.3, 0.4) is 0 Å². The lowest BCUT2D eigenvalue weighted by Gasteiger charge is -2.34. The molecule has 0 spiro atoms. The van der Waals surface area contributed by atoms with Crippen LogP contribution in [0.4, 0.5) is 10.1 Å².